The van der Waals surface area contributed by atoms with Gasteiger partial charge in [-0.1, -0.05) is 24.1 Å². The van der Waals surface area contributed by atoms with Crippen molar-refractivity contribution in [1.29, 1.82) is 0 Å². The normalized spacial score (nSPS) is 7.38. The Bertz CT molecular complexity index is 259. The molecule has 1 aromatic rings. The van der Waals surface area contributed by atoms with Gasteiger partial charge in [0.25, 0.3) is 6.47 Å². The van der Waals surface area contributed by atoms with E-state index in [2.05, 4.69) is 10.7 Å². The van der Waals surface area contributed by atoms with E-state index in [1.54, 1.807) is 6.92 Å². The minimum atomic E-state index is 0.431. The molecule has 0 unspecified atom stereocenters. The molecule has 0 saturated heterocycles. The second-order valence-electron chi connectivity index (χ2n) is 2.06. The molecule has 0 bridgehead atoms. The average molecular weight is 176 g/mol. The maximum atomic E-state index is 9.18. The average Bonchev–Trinajstić information content (AvgIpc) is 2.21. The molecule has 0 N–H and O–H groups in total. The van der Waals surface area contributed by atoms with Crippen LogP contribution in [0.4, 0.5) is 0 Å². The highest BCUT2D eigenvalue weighted by molar-refractivity contribution is 5.36. The molecule has 0 saturated carbocycles. The SMILES string of the molecule is C#Cc1ccccc1.CCOC=O. The van der Waals surface area contributed by atoms with Crippen LogP contribution in [0.3, 0.4) is 0 Å². The van der Waals surface area contributed by atoms with Crippen LogP contribution in [0.5, 0.6) is 0 Å². The highest BCUT2D eigenvalue weighted by Crippen LogP contribution is 1.92. The number of terminal acetylenes is 1. The molecular weight excluding hydrogens is 164 g/mol. The van der Waals surface area contributed by atoms with Crippen molar-refractivity contribution in [2.75, 3.05) is 6.61 Å². The van der Waals surface area contributed by atoms with E-state index in [0.717, 1.165) is 5.56 Å². The van der Waals surface area contributed by atoms with Crippen molar-refractivity contribution >= 4 is 6.47 Å². The fourth-order valence-electron chi connectivity index (χ4n) is 0.602. The number of hydrogen-bond donors (Lipinski definition) is 0. The van der Waals surface area contributed by atoms with E-state index in [0.29, 0.717) is 13.1 Å². The predicted octanol–water partition coefficient (Wildman–Crippen LogP) is 1.85. The molecule has 0 aliphatic carbocycles. The van der Waals surface area contributed by atoms with E-state index in [4.69, 9.17) is 6.42 Å². The van der Waals surface area contributed by atoms with Gasteiger partial charge in [-0.05, 0) is 19.1 Å². The molecule has 0 amide bonds. The maximum absolute atomic E-state index is 9.18. The molecule has 0 aliphatic rings. The Morgan fingerprint density at radius 2 is 2.08 bits per heavy atom. The molecule has 13 heavy (non-hydrogen) atoms. The Morgan fingerprint density at radius 3 is 2.31 bits per heavy atom. The predicted molar refractivity (Wildman–Crippen MR) is 52.1 cm³/mol. The molecule has 2 nitrogen and oxygen atoms in total. The van der Waals surface area contributed by atoms with Crippen LogP contribution in [-0.4, -0.2) is 13.1 Å². The van der Waals surface area contributed by atoms with Crippen molar-refractivity contribution in [3.05, 3.63) is 35.9 Å². The van der Waals surface area contributed by atoms with Crippen LogP contribution in [0.1, 0.15) is 12.5 Å². The quantitative estimate of drug-likeness (QED) is 0.507. The first-order chi connectivity index (χ1) is 6.35. The van der Waals surface area contributed by atoms with Gasteiger partial charge < -0.3 is 4.74 Å². The van der Waals surface area contributed by atoms with Crippen LogP contribution in [0.2, 0.25) is 0 Å². The Kier molecular flexibility index (Phi) is 7.22. The molecule has 1 aromatic carbocycles. The zero-order valence-electron chi connectivity index (χ0n) is 7.57. The van der Waals surface area contributed by atoms with E-state index in [-0.39, 0.29) is 0 Å². The number of carbonyl (C=O) groups excluding carboxylic acids is 1. The fourth-order valence-corrected chi connectivity index (χ4v) is 0.602. The lowest BCUT2D eigenvalue weighted by Gasteiger charge is -1.82. The minimum absolute atomic E-state index is 0.431. The second kappa shape index (κ2) is 8.35. The summed E-state index contributed by atoms with van der Waals surface area (Å²) in [6.45, 7) is 2.66. The zero-order valence-corrected chi connectivity index (χ0v) is 7.57. The molecule has 1 rings (SSSR count). The van der Waals surface area contributed by atoms with Crippen LogP contribution in [-0.2, 0) is 9.53 Å². The van der Waals surface area contributed by atoms with Gasteiger partial charge in [0, 0.05) is 5.56 Å². The van der Waals surface area contributed by atoms with Crippen molar-refractivity contribution in [1.82, 2.24) is 0 Å². The minimum Gasteiger partial charge on any atom is -0.468 e. The maximum Gasteiger partial charge on any atom is 0.293 e. The lowest BCUT2D eigenvalue weighted by atomic mass is 10.2. The highest BCUT2D eigenvalue weighted by Gasteiger charge is 1.76. The lowest BCUT2D eigenvalue weighted by molar-refractivity contribution is -0.128. The molecule has 0 aromatic heterocycles. The van der Waals surface area contributed by atoms with Gasteiger partial charge >= 0.3 is 0 Å². The molecule has 0 aliphatic heterocycles. The van der Waals surface area contributed by atoms with Gasteiger partial charge in [0.2, 0.25) is 0 Å². The van der Waals surface area contributed by atoms with Crippen molar-refractivity contribution < 1.29 is 9.53 Å². The third kappa shape index (κ3) is 6.64. The summed E-state index contributed by atoms with van der Waals surface area (Å²) in [7, 11) is 0. The van der Waals surface area contributed by atoms with E-state index in [9.17, 15) is 4.79 Å². The van der Waals surface area contributed by atoms with Gasteiger partial charge in [-0.2, -0.15) is 0 Å². The second-order valence-corrected chi connectivity index (χ2v) is 2.06. The monoisotopic (exact) mass is 176 g/mol. The first kappa shape index (κ1) is 11.2. The van der Waals surface area contributed by atoms with Gasteiger partial charge in [0.15, 0.2) is 0 Å². The number of hydrogen-bond acceptors (Lipinski definition) is 2. The van der Waals surface area contributed by atoms with Crippen molar-refractivity contribution in [3.8, 4) is 12.3 Å². The summed E-state index contributed by atoms with van der Waals surface area (Å²) in [5.41, 5.74) is 0.938. The number of rotatable bonds is 2. The van der Waals surface area contributed by atoms with Crippen molar-refractivity contribution in [2.24, 2.45) is 0 Å². The summed E-state index contributed by atoms with van der Waals surface area (Å²) in [5.74, 6) is 2.53. The molecule has 2 heteroatoms. The summed E-state index contributed by atoms with van der Waals surface area (Å²) >= 11 is 0. The first-order valence-electron chi connectivity index (χ1n) is 3.92. The smallest absolute Gasteiger partial charge is 0.293 e. The standard InChI is InChI=1S/C8H6.C3H6O2/c1-2-8-6-4-3-5-7-8;1-2-5-3-4/h1,3-7H;3H,2H2,1H3. The summed E-state index contributed by atoms with van der Waals surface area (Å²) in [6, 6.07) is 9.60. The van der Waals surface area contributed by atoms with E-state index >= 15 is 0 Å². The first-order valence-corrected chi connectivity index (χ1v) is 3.92. The summed E-state index contributed by atoms with van der Waals surface area (Å²) in [4.78, 5) is 9.18. The van der Waals surface area contributed by atoms with E-state index in [1.165, 1.54) is 0 Å². The van der Waals surface area contributed by atoms with Gasteiger partial charge in [-0.3, -0.25) is 4.79 Å². The number of carbonyl (C=O) groups is 1. The summed E-state index contributed by atoms with van der Waals surface area (Å²) < 4.78 is 4.15. The molecule has 0 atom stereocenters. The van der Waals surface area contributed by atoms with E-state index < -0.39 is 0 Å². The zero-order chi connectivity index (χ0) is 9.94. The van der Waals surface area contributed by atoms with Gasteiger partial charge in [0.1, 0.15) is 0 Å². The summed E-state index contributed by atoms with van der Waals surface area (Å²) in [6.07, 6.45) is 5.10. The third-order valence-electron chi connectivity index (χ3n) is 1.18. The number of benzene rings is 1. The van der Waals surface area contributed by atoms with Crippen molar-refractivity contribution in [2.45, 2.75) is 6.92 Å². The van der Waals surface area contributed by atoms with Crippen LogP contribution in [0.25, 0.3) is 0 Å². The molecule has 0 heterocycles. The molecule has 68 valence electrons. The Labute approximate surface area is 78.5 Å². The fraction of sp³-hybridized carbons (Fsp3) is 0.182. The van der Waals surface area contributed by atoms with Gasteiger partial charge in [-0.15, -0.1) is 6.42 Å². The summed E-state index contributed by atoms with van der Waals surface area (Å²) in [5, 5.41) is 0. The van der Waals surface area contributed by atoms with Crippen LogP contribution in [0, 0.1) is 12.3 Å². The number of ether oxygens (including phenoxy) is 1. The van der Waals surface area contributed by atoms with Gasteiger partial charge in [-0.25, -0.2) is 0 Å². The Morgan fingerprint density at radius 1 is 1.46 bits per heavy atom. The third-order valence-corrected chi connectivity index (χ3v) is 1.18. The van der Waals surface area contributed by atoms with Crippen molar-refractivity contribution in [3.63, 3.8) is 0 Å². The largest absolute Gasteiger partial charge is 0.468 e. The highest BCUT2D eigenvalue weighted by atomic mass is 16.5. The van der Waals surface area contributed by atoms with Crippen LogP contribution >= 0.6 is 0 Å². The van der Waals surface area contributed by atoms with E-state index in [1.807, 2.05) is 30.3 Å². The van der Waals surface area contributed by atoms with Gasteiger partial charge in [0.05, 0.1) is 6.61 Å². The lowest BCUT2D eigenvalue weighted by Crippen LogP contribution is -1.80. The van der Waals surface area contributed by atoms with Crippen LogP contribution in [0.15, 0.2) is 30.3 Å². The Balaban J connectivity index is 0.000000252. The molecule has 0 radical (unpaired) electrons. The molecule has 0 fully saturated rings. The molecule has 0 spiro atoms. The Hall–Kier alpha value is -1.75. The topological polar surface area (TPSA) is 26.3 Å². The van der Waals surface area contributed by atoms with Crippen LogP contribution < -0.4 is 0 Å². The molecular formula is C11H12O2.